The molecule has 1 atom stereocenters. The smallest absolute Gasteiger partial charge is 0.254 e. The minimum absolute atomic E-state index is 0.0327. The molecular weight excluding hydrogens is 498 g/mol. The van der Waals surface area contributed by atoms with E-state index in [-0.39, 0.29) is 18.6 Å². The largest absolute Gasteiger partial charge is 0.394 e. The lowest BCUT2D eigenvalue weighted by molar-refractivity contribution is 0.0698. The number of aliphatic hydroxyl groups is 1. The van der Waals surface area contributed by atoms with Crippen molar-refractivity contribution >= 4 is 17.4 Å². The molecule has 3 heterocycles. The maximum absolute atomic E-state index is 13.8. The monoisotopic (exact) mass is 537 g/mol. The first-order valence-corrected chi connectivity index (χ1v) is 14.3. The SMILES string of the molecule is Cc1cccc(N2CCN(C(=O)c3cc(CC4CCN(c5ccccc5C#N)CC4)c(C)cc3C)C[C@H]2CO)n1. The minimum atomic E-state index is -0.187. The average molecular weight is 538 g/mol. The summed E-state index contributed by atoms with van der Waals surface area (Å²) in [5, 5.41) is 19.7. The van der Waals surface area contributed by atoms with Crippen molar-refractivity contribution in [3.05, 3.63) is 88.1 Å². The van der Waals surface area contributed by atoms with Crippen molar-refractivity contribution in [2.45, 2.75) is 46.1 Å². The van der Waals surface area contributed by atoms with Crippen LogP contribution in [-0.2, 0) is 6.42 Å². The number of benzene rings is 2. The number of hydrogen-bond acceptors (Lipinski definition) is 6. The molecule has 3 aromatic rings. The van der Waals surface area contributed by atoms with Gasteiger partial charge in [0, 0.05) is 44.0 Å². The second-order valence-corrected chi connectivity index (χ2v) is 11.3. The van der Waals surface area contributed by atoms with Gasteiger partial charge in [0.05, 0.1) is 23.9 Å². The van der Waals surface area contributed by atoms with Crippen LogP contribution in [0.1, 0.15) is 51.1 Å². The summed E-state index contributed by atoms with van der Waals surface area (Å²) in [6.07, 6.45) is 3.07. The van der Waals surface area contributed by atoms with Gasteiger partial charge in [0.1, 0.15) is 11.9 Å². The minimum Gasteiger partial charge on any atom is -0.394 e. The number of amides is 1. The van der Waals surface area contributed by atoms with Crippen LogP contribution in [0.2, 0.25) is 0 Å². The number of nitrogens with zero attached hydrogens (tertiary/aromatic N) is 5. The van der Waals surface area contributed by atoms with Crippen molar-refractivity contribution in [1.29, 1.82) is 5.26 Å². The van der Waals surface area contributed by atoms with Crippen molar-refractivity contribution in [3.63, 3.8) is 0 Å². The van der Waals surface area contributed by atoms with Gasteiger partial charge in [0.2, 0.25) is 0 Å². The normalized spacial score (nSPS) is 18.1. The number of pyridine rings is 1. The first kappa shape index (κ1) is 27.7. The third kappa shape index (κ3) is 5.83. The van der Waals surface area contributed by atoms with E-state index in [2.05, 4.69) is 39.9 Å². The molecule has 0 saturated carbocycles. The Morgan fingerprint density at radius 2 is 1.77 bits per heavy atom. The number of aliphatic hydroxyl groups excluding tert-OH is 1. The van der Waals surface area contributed by atoms with E-state index in [1.807, 2.05) is 61.2 Å². The number of piperazine rings is 1. The maximum Gasteiger partial charge on any atom is 0.254 e. The highest BCUT2D eigenvalue weighted by atomic mass is 16.3. The molecule has 0 bridgehead atoms. The zero-order chi connectivity index (χ0) is 28.2. The molecule has 1 aromatic heterocycles. The quantitative estimate of drug-likeness (QED) is 0.492. The number of aryl methyl sites for hydroxylation is 3. The number of hydrogen-bond donors (Lipinski definition) is 1. The van der Waals surface area contributed by atoms with E-state index in [1.54, 1.807) is 0 Å². The highest BCUT2D eigenvalue weighted by Crippen LogP contribution is 2.30. The lowest BCUT2D eigenvalue weighted by Crippen LogP contribution is -2.56. The first-order valence-electron chi connectivity index (χ1n) is 14.3. The summed E-state index contributed by atoms with van der Waals surface area (Å²) in [4.78, 5) is 24.7. The van der Waals surface area contributed by atoms with Crippen LogP contribution < -0.4 is 9.80 Å². The summed E-state index contributed by atoms with van der Waals surface area (Å²) in [7, 11) is 0. The van der Waals surface area contributed by atoms with Crippen molar-refractivity contribution in [1.82, 2.24) is 9.88 Å². The molecule has 0 spiro atoms. The van der Waals surface area contributed by atoms with Gasteiger partial charge in [-0.05, 0) is 93.0 Å². The second-order valence-electron chi connectivity index (χ2n) is 11.3. The molecule has 2 aromatic carbocycles. The van der Waals surface area contributed by atoms with Gasteiger partial charge in [-0.3, -0.25) is 4.79 Å². The van der Waals surface area contributed by atoms with Crippen LogP contribution in [0.25, 0.3) is 0 Å². The number of aromatic nitrogens is 1. The zero-order valence-electron chi connectivity index (χ0n) is 23.8. The van der Waals surface area contributed by atoms with Gasteiger partial charge in [0.25, 0.3) is 5.91 Å². The van der Waals surface area contributed by atoms with Gasteiger partial charge in [-0.1, -0.05) is 24.3 Å². The standard InChI is InChI=1S/C33H39N5O2/c1-23-17-24(2)30(33(40)37-15-16-38(29(21-37)22-39)32-10-6-7-25(3)35-32)19-28(23)18-26-11-13-36(14-12-26)31-9-5-4-8-27(31)20-34/h4-10,17,19,26,29,39H,11-16,18,21-22H2,1-3H3/t29-/m0/s1. The Hall–Kier alpha value is -3.89. The number of piperidine rings is 1. The lowest BCUT2D eigenvalue weighted by atomic mass is 9.86. The van der Waals surface area contributed by atoms with Gasteiger partial charge < -0.3 is 19.8 Å². The molecule has 1 N–H and O–H groups in total. The molecule has 208 valence electrons. The van der Waals surface area contributed by atoms with E-state index in [0.717, 1.165) is 66.2 Å². The molecule has 7 heteroatoms. The Labute approximate surface area is 237 Å². The van der Waals surface area contributed by atoms with E-state index in [0.29, 0.717) is 25.6 Å². The van der Waals surface area contributed by atoms with Gasteiger partial charge >= 0.3 is 0 Å². The Morgan fingerprint density at radius 3 is 2.50 bits per heavy atom. The molecule has 2 saturated heterocycles. The molecule has 40 heavy (non-hydrogen) atoms. The Bertz CT molecular complexity index is 1410. The fourth-order valence-corrected chi connectivity index (χ4v) is 6.24. The summed E-state index contributed by atoms with van der Waals surface area (Å²) in [6.45, 7) is 9.66. The van der Waals surface area contributed by atoms with Crippen LogP contribution in [0.5, 0.6) is 0 Å². The van der Waals surface area contributed by atoms with Gasteiger partial charge in [-0.15, -0.1) is 0 Å². The molecule has 0 radical (unpaired) electrons. The predicted octanol–water partition coefficient (Wildman–Crippen LogP) is 4.66. The van der Waals surface area contributed by atoms with Crippen LogP contribution in [-0.4, -0.2) is 66.3 Å². The zero-order valence-corrected chi connectivity index (χ0v) is 23.8. The van der Waals surface area contributed by atoms with Crippen LogP contribution >= 0.6 is 0 Å². The maximum atomic E-state index is 13.8. The van der Waals surface area contributed by atoms with E-state index in [9.17, 15) is 15.2 Å². The average Bonchev–Trinajstić information content (AvgIpc) is 2.98. The second kappa shape index (κ2) is 12.1. The first-order chi connectivity index (χ1) is 19.4. The number of carbonyl (C=O) groups excluding carboxylic acids is 1. The third-order valence-corrected chi connectivity index (χ3v) is 8.55. The molecule has 0 unspecified atom stereocenters. The molecule has 2 aliphatic heterocycles. The van der Waals surface area contributed by atoms with Crippen LogP contribution in [0.3, 0.4) is 0 Å². The highest BCUT2D eigenvalue weighted by molar-refractivity contribution is 5.96. The van der Waals surface area contributed by atoms with E-state index in [1.165, 1.54) is 11.1 Å². The van der Waals surface area contributed by atoms with Crippen molar-refractivity contribution in [2.75, 3.05) is 49.1 Å². The van der Waals surface area contributed by atoms with Crippen molar-refractivity contribution in [3.8, 4) is 6.07 Å². The summed E-state index contributed by atoms with van der Waals surface area (Å²) in [5.74, 6) is 1.43. The summed E-state index contributed by atoms with van der Waals surface area (Å²) in [5.41, 5.74) is 6.94. The Balaban J connectivity index is 1.26. The topological polar surface area (TPSA) is 83.7 Å². The molecule has 1 amide bonds. The molecule has 0 aliphatic carbocycles. The predicted molar refractivity (Wildman–Crippen MR) is 159 cm³/mol. The summed E-state index contributed by atoms with van der Waals surface area (Å²) >= 11 is 0. The Morgan fingerprint density at radius 1 is 1.00 bits per heavy atom. The van der Waals surface area contributed by atoms with E-state index in [4.69, 9.17) is 0 Å². The van der Waals surface area contributed by atoms with Crippen LogP contribution in [0, 0.1) is 38.0 Å². The molecular formula is C33H39N5O2. The summed E-state index contributed by atoms with van der Waals surface area (Å²) < 4.78 is 0. The van der Waals surface area contributed by atoms with Gasteiger partial charge in [0.15, 0.2) is 0 Å². The number of para-hydroxylation sites is 1. The number of nitriles is 1. The molecule has 7 nitrogen and oxygen atoms in total. The Kier molecular flexibility index (Phi) is 8.37. The number of anilines is 2. The van der Waals surface area contributed by atoms with Crippen molar-refractivity contribution in [2.24, 2.45) is 5.92 Å². The number of carbonyl (C=O) groups is 1. The lowest BCUT2D eigenvalue weighted by Gasteiger charge is -2.41. The van der Waals surface area contributed by atoms with Gasteiger partial charge in [-0.25, -0.2) is 4.98 Å². The fourth-order valence-electron chi connectivity index (χ4n) is 6.24. The van der Waals surface area contributed by atoms with Gasteiger partial charge in [-0.2, -0.15) is 5.26 Å². The van der Waals surface area contributed by atoms with Crippen molar-refractivity contribution < 1.29 is 9.90 Å². The van der Waals surface area contributed by atoms with Crippen LogP contribution in [0.4, 0.5) is 11.5 Å². The fraction of sp³-hybridized carbons (Fsp3) is 0.424. The highest BCUT2D eigenvalue weighted by Gasteiger charge is 2.31. The van der Waals surface area contributed by atoms with Crippen LogP contribution in [0.15, 0.2) is 54.6 Å². The molecule has 2 fully saturated rings. The molecule has 2 aliphatic rings. The number of rotatable bonds is 6. The summed E-state index contributed by atoms with van der Waals surface area (Å²) in [6, 6.07) is 20.2. The van der Waals surface area contributed by atoms with E-state index >= 15 is 0 Å². The molecule has 5 rings (SSSR count). The third-order valence-electron chi connectivity index (χ3n) is 8.55. The van der Waals surface area contributed by atoms with E-state index < -0.39 is 0 Å².